The van der Waals surface area contributed by atoms with Crippen LogP contribution in [0.1, 0.15) is 38.3 Å². The van der Waals surface area contributed by atoms with E-state index in [-0.39, 0.29) is 17.4 Å². The van der Waals surface area contributed by atoms with E-state index in [9.17, 15) is 4.79 Å². The maximum Gasteiger partial charge on any atom is 0.230 e. The molecule has 1 atom stereocenters. The quantitative estimate of drug-likeness (QED) is 0.818. The van der Waals surface area contributed by atoms with Crippen LogP contribution in [0.4, 0.5) is 5.69 Å². The highest BCUT2D eigenvalue weighted by molar-refractivity contribution is 5.96. The fourth-order valence-electron chi connectivity index (χ4n) is 1.57. The first-order valence-corrected chi connectivity index (χ1v) is 5.68. The summed E-state index contributed by atoms with van der Waals surface area (Å²) in [5.41, 5.74) is 7.56. The zero-order valence-electron chi connectivity index (χ0n) is 9.79. The lowest BCUT2D eigenvalue weighted by molar-refractivity contribution is -0.120. The maximum atomic E-state index is 11.8. The molecule has 1 aliphatic carbocycles. The molecule has 1 fully saturated rings. The molecule has 1 saturated carbocycles. The average Bonchev–Trinajstić information content (AvgIpc) is 2.99. The fraction of sp³-hybridized carbons (Fsp3) is 0.462. The Labute approximate surface area is 96.0 Å². The van der Waals surface area contributed by atoms with Crippen LogP contribution in [0.15, 0.2) is 24.3 Å². The van der Waals surface area contributed by atoms with Crippen molar-refractivity contribution < 1.29 is 4.79 Å². The zero-order valence-corrected chi connectivity index (χ0v) is 9.79. The lowest BCUT2D eigenvalue weighted by Crippen LogP contribution is -2.21. The number of hydrogen-bond donors (Lipinski definition) is 2. The summed E-state index contributed by atoms with van der Waals surface area (Å²) in [4.78, 5) is 11.8. The van der Waals surface area contributed by atoms with E-state index in [0.717, 1.165) is 24.1 Å². The van der Waals surface area contributed by atoms with E-state index >= 15 is 0 Å². The van der Waals surface area contributed by atoms with Gasteiger partial charge in [0, 0.05) is 17.1 Å². The number of rotatable bonds is 3. The molecule has 1 unspecified atom stereocenters. The molecule has 3 N–H and O–H groups in total. The standard InChI is InChI=1S/C13H18N2O/c1-9(14)10-3-5-11(6-4-10)15-12(16)13(2)7-8-13/h3-6,9H,7-8,14H2,1-2H3,(H,15,16). The van der Waals surface area contributed by atoms with Gasteiger partial charge in [-0.3, -0.25) is 4.79 Å². The number of hydrogen-bond acceptors (Lipinski definition) is 2. The Hall–Kier alpha value is -1.35. The van der Waals surface area contributed by atoms with Gasteiger partial charge in [-0.25, -0.2) is 0 Å². The largest absolute Gasteiger partial charge is 0.326 e. The Balaban J connectivity index is 2.02. The van der Waals surface area contributed by atoms with E-state index in [0.29, 0.717) is 0 Å². The van der Waals surface area contributed by atoms with Crippen LogP contribution >= 0.6 is 0 Å². The Bertz CT molecular complexity index is 391. The monoisotopic (exact) mass is 218 g/mol. The van der Waals surface area contributed by atoms with Crippen LogP contribution in [0.5, 0.6) is 0 Å². The molecule has 3 nitrogen and oxygen atoms in total. The van der Waals surface area contributed by atoms with Crippen molar-refractivity contribution in [2.24, 2.45) is 11.1 Å². The molecule has 0 radical (unpaired) electrons. The van der Waals surface area contributed by atoms with Crippen LogP contribution in [-0.2, 0) is 4.79 Å². The number of benzene rings is 1. The molecule has 0 aromatic heterocycles. The molecule has 1 amide bonds. The number of nitrogens with one attached hydrogen (secondary N) is 1. The molecule has 86 valence electrons. The van der Waals surface area contributed by atoms with Gasteiger partial charge in [0.2, 0.25) is 5.91 Å². The van der Waals surface area contributed by atoms with Gasteiger partial charge in [-0.05, 0) is 37.5 Å². The molecule has 2 rings (SSSR count). The molecule has 1 aromatic rings. The normalized spacial score (nSPS) is 18.9. The smallest absolute Gasteiger partial charge is 0.230 e. The van der Waals surface area contributed by atoms with Gasteiger partial charge in [0.15, 0.2) is 0 Å². The summed E-state index contributed by atoms with van der Waals surface area (Å²) < 4.78 is 0. The maximum absolute atomic E-state index is 11.8. The molecular weight excluding hydrogens is 200 g/mol. The summed E-state index contributed by atoms with van der Waals surface area (Å²) >= 11 is 0. The third kappa shape index (κ3) is 2.25. The summed E-state index contributed by atoms with van der Waals surface area (Å²) in [5.74, 6) is 0.126. The second-order valence-electron chi connectivity index (χ2n) is 4.93. The molecule has 16 heavy (non-hydrogen) atoms. The third-order valence-corrected chi connectivity index (χ3v) is 3.24. The molecule has 1 aromatic carbocycles. The minimum Gasteiger partial charge on any atom is -0.326 e. The first kappa shape index (κ1) is 11.1. The highest BCUT2D eigenvalue weighted by Crippen LogP contribution is 2.45. The van der Waals surface area contributed by atoms with Crippen LogP contribution in [0.2, 0.25) is 0 Å². The van der Waals surface area contributed by atoms with Crippen molar-refractivity contribution in [1.29, 1.82) is 0 Å². The van der Waals surface area contributed by atoms with Gasteiger partial charge >= 0.3 is 0 Å². The van der Waals surface area contributed by atoms with Crippen molar-refractivity contribution >= 4 is 11.6 Å². The third-order valence-electron chi connectivity index (χ3n) is 3.24. The first-order valence-electron chi connectivity index (χ1n) is 5.68. The van der Waals surface area contributed by atoms with E-state index in [1.165, 1.54) is 0 Å². The zero-order chi connectivity index (χ0) is 11.8. The number of carbonyl (C=O) groups excluding carboxylic acids is 1. The average molecular weight is 218 g/mol. The topological polar surface area (TPSA) is 55.1 Å². The van der Waals surface area contributed by atoms with E-state index in [1.807, 2.05) is 38.1 Å². The highest BCUT2D eigenvalue weighted by atomic mass is 16.2. The van der Waals surface area contributed by atoms with Crippen LogP contribution in [-0.4, -0.2) is 5.91 Å². The SMILES string of the molecule is CC(N)c1ccc(NC(=O)C2(C)CC2)cc1. The van der Waals surface area contributed by atoms with E-state index < -0.39 is 0 Å². The summed E-state index contributed by atoms with van der Waals surface area (Å²) in [5, 5.41) is 2.93. The van der Waals surface area contributed by atoms with Crippen LogP contribution in [0.3, 0.4) is 0 Å². The Kier molecular flexibility index (Phi) is 2.72. The predicted octanol–water partition coefficient (Wildman–Crippen LogP) is 2.44. The Morgan fingerprint density at radius 3 is 2.38 bits per heavy atom. The second kappa shape index (κ2) is 3.91. The molecule has 3 heteroatoms. The van der Waals surface area contributed by atoms with Gasteiger partial charge in [0.1, 0.15) is 0 Å². The second-order valence-corrected chi connectivity index (χ2v) is 4.93. The van der Waals surface area contributed by atoms with Crippen molar-refractivity contribution in [2.75, 3.05) is 5.32 Å². The first-order chi connectivity index (χ1) is 7.51. The molecule has 0 spiro atoms. The van der Waals surface area contributed by atoms with Crippen LogP contribution in [0, 0.1) is 5.41 Å². The molecule has 0 heterocycles. The summed E-state index contributed by atoms with van der Waals surface area (Å²) in [6.45, 7) is 3.94. The fourth-order valence-corrected chi connectivity index (χ4v) is 1.57. The summed E-state index contributed by atoms with van der Waals surface area (Å²) in [7, 11) is 0. The summed E-state index contributed by atoms with van der Waals surface area (Å²) in [6.07, 6.45) is 1.99. The minimum absolute atomic E-state index is 0.0331. The van der Waals surface area contributed by atoms with Crippen molar-refractivity contribution in [2.45, 2.75) is 32.7 Å². The number of nitrogens with two attached hydrogens (primary N) is 1. The highest BCUT2D eigenvalue weighted by Gasteiger charge is 2.44. The molecule has 0 aliphatic heterocycles. The number of anilines is 1. The summed E-state index contributed by atoms with van der Waals surface area (Å²) in [6, 6.07) is 7.75. The van der Waals surface area contributed by atoms with Crippen molar-refractivity contribution in [1.82, 2.24) is 0 Å². The van der Waals surface area contributed by atoms with Crippen molar-refractivity contribution in [3.05, 3.63) is 29.8 Å². The molecule has 0 saturated heterocycles. The number of amides is 1. The minimum atomic E-state index is -0.125. The van der Waals surface area contributed by atoms with Crippen molar-refractivity contribution in [3.63, 3.8) is 0 Å². The van der Waals surface area contributed by atoms with E-state index in [4.69, 9.17) is 5.73 Å². The van der Waals surface area contributed by atoms with Gasteiger partial charge < -0.3 is 11.1 Å². The van der Waals surface area contributed by atoms with Gasteiger partial charge in [-0.2, -0.15) is 0 Å². The van der Waals surface area contributed by atoms with E-state index in [1.54, 1.807) is 0 Å². The van der Waals surface area contributed by atoms with Gasteiger partial charge in [0.05, 0.1) is 0 Å². The molecule has 1 aliphatic rings. The van der Waals surface area contributed by atoms with Crippen LogP contribution in [0.25, 0.3) is 0 Å². The van der Waals surface area contributed by atoms with Crippen LogP contribution < -0.4 is 11.1 Å². The van der Waals surface area contributed by atoms with E-state index in [2.05, 4.69) is 5.32 Å². The molecular formula is C13H18N2O. The Morgan fingerprint density at radius 2 is 1.94 bits per heavy atom. The van der Waals surface area contributed by atoms with Gasteiger partial charge in [-0.1, -0.05) is 19.1 Å². The Morgan fingerprint density at radius 1 is 1.38 bits per heavy atom. The van der Waals surface area contributed by atoms with Crippen molar-refractivity contribution in [3.8, 4) is 0 Å². The molecule has 0 bridgehead atoms. The predicted molar refractivity (Wildman–Crippen MR) is 65.0 cm³/mol. The van der Waals surface area contributed by atoms with Gasteiger partial charge in [0.25, 0.3) is 0 Å². The lowest BCUT2D eigenvalue weighted by atomic mass is 10.1. The van der Waals surface area contributed by atoms with Gasteiger partial charge in [-0.15, -0.1) is 0 Å². The lowest BCUT2D eigenvalue weighted by Gasteiger charge is -2.11. The number of carbonyl (C=O) groups is 1.